The van der Waals surface area contributed by atoms with Crippen LogP contribution in [0.15, 0.2) is 0 Å². The lowest BCUT2D eigenvalue weighted by atomic mass is 9.86. The van der Waals surface area contributed by atoms with Crippen LogP contribution >= 0.6 is 0 Å². The number of aliphatic hydroxyl groups excluding tert-OH is 1. The van der Waals surface area contributed by atoms with Gasteiger partial charge >= 0.3 is 11.9 Å². The predicted octanol–water partition coefficient (Wildman–Crippen LogP) is 1.05. The van der Waals surface area contributed by atoms with Gasteiger partial charge < -0.3 is 14.9 Å². The monoisotopic (exact) mass is 232 g/mol. The summed E-state index contributed by atoms with van der Waals surface area (Å²) in [5.74, 6) is -2.81. The predicted molar refractivity (Wildman–Crippen MR) is 57.9 cm³/mol. The van der Waals surface area contributed by atoms with Gasteiger partial charge in [-0.25, -0.2) is 0 Å². The highest BCUT2D eigenvalue weighted by Crippen LogP contribution is 2.23. The SMILES string of the molecule is CCCC(C(=O)OCCO)C(CC)C(=O)O. The Labute approximate surface area is 95.4 Å². The van der Waals surface area contributed by atoms with Crippen LogP contribution < -0.4 is 0 Å². The van der Waals surface area contributed by atoms with Gasteiger partial charge in [-0.2, -0.15) is 0 Å². The zero-order chi connectivity index (χ0) is 12.6. The van der Waals surface area contributed by atoms with E-state index in [4.69, 9.17) is 14.9 Å². The van der Waals surface area contributed by atoms with Crippen LogP contribution in [0.1, 0.15) is 33.1 Å². The van der Waals surface area contributed by atoms with Crippen LogP contribution in [0.5, 0.6) is 0 Å². The molecule has 16 heavy (non-hydrogen) atoms. The standard InChI is InChI=1S/C11H20O5/c1-3-5-9(8(4-2)10(13)14)11(15)16-7-6-12/h8-9,12H,3-7H2,1-2H3,(H,13,14). The Morgan fingerprint density at radius 2 is 1.88 bits per heavy atom. The van der Waals surface area contributed by atoms with Gasteiger partial charge in [0.15, 0.2) is 0 Å². The first kappa shape index (κ1) is 14.9. The van der Waals surface area contributed by atoms with Crippen LogP contribution in [0, 0.1) is 11.8 Å². The second-order valence-corrected chi connectivity index (χ2v) is 3.64. The van der Waals surface area contributed by atoms with Crippen molar-refractivity contribution in [3.8, 4) is 0 Å². The summed E-state index contributed by atoms with van der Waals surface area (Å²) in [6, 6.07) is 0. The molecule has 0 rings (SSSR count). The Morgan fingerprint density at radius 1 is 1.25 bits per heavy atom. The van der Waals surface area contributed by atoms with Crippen molar-refractivity contribution in [3.05, 3.63) is 0 Å². The molecule has 0 spiro atoms. The van der Waals surface area contributed by atoms with E-state index in [9.17, 15) is 9.59 Å². The number of aliphatic hydroxyl groups is 1. The lowest BCUT2D eigenvalue weighted by Gasteiger charge is -2.20. The number of hydrogen-bond donors (Lipinski definition) is 2. The van der Waals surface area contributed by atoms with Crippen LogP contribution in [0.25, 0.3) is 0 Å². The summed E-state index contributed by atoms with van der Waals surface area (Å²) in [5.41, 5.74) is 0. The molecule has 2 unspecified atom stereocenters. The first-order valence-corrected chi connectivity index (χ1v) is 5.58. The zero-order valence-electron chi connectivity index (χ0n) is 9.81. The fourth-order valence-electron chi connectivity index (χ4n) is 1.68. The van der Waals surface area contributed by atoms with E-state index in [2.05, 4.69) is 0 Å². The molecule has 0 saturated heterocycles. The van der Waals surface area contributed by atoms with Crippen molar-refractivity contribution in [2.45, 2.75) is 33.1 Å². The lowest BCUT2D eigenvalue weighted by molar-refractivity contribution is -0.159. The number of carboxylic acids is 1. The van der Waals surface area contributed by atoms with E-state index in [1.54, 1.807) is 6.92 Å². The summed E-state index contributed by atoms with van der Waals surface area (Å²) in [7, 11) is 0. The smallest absolute Gasteiger partial charge is 0.309 e. The number of esters is 1. The Kier molecular flexibility index (Phi) is 7.54. The van der Waals surface area contributed by atoms with E-state index >= 15 is 0 Å². The number of aliphatic carboxylic acids is 1. The first-order chi connectivity index (χ1) is 7.58. The summed E-state index contributed by atoms with van der Waals surface area (Å²) in [5, 5.41) is 17.5. The highest BCUT2D eigenvalue weighted by molar-refractivity contribution is 5.81. The minimum absolute atomic E-state index is 0.0743. The van der Waals surface area contributed by atoms with E-state index in [0.29, 0.717) is 12.8 Å². The van der Waals surface area contributed by atoms with Gasteiger partial charge in [-0.05, 0) is 12.8 Å². The minimum Gasteiger partial charge on any atom is -0.481 e. The van der Waals surface area contributed by atoms with Gasteiger partial charge in [0.05, 0.1) is 18.4 Å². The molecule has 2 atom stereocenters. The Morgan fingerprint density at radius 3 is 2.25 bits per heavy atom. The molecule has 0 aromatic heterocycles. The van der Waals surface area contributed by atoms with Crippen molar-refractivity contribution in [2.24, 2.45) is 11.8 Å². The van der Waals surface area contributed by atoms with Crippen LogP contribution in [-0.4, -0.2) is 35.4 Å². The van der Waals surface area contributed by atoms with Gasteiger partial charge in [-0.1, -0.05) is 20.3 Å². The van der Waals surface area contributed by atoms with Crippen LogP contribution in [0.4, 0.5) is 0 Å². The molecule has 94 valence electrons. The largest absolute Gasteiger partial charge is 0.481 e. The number of carbonyl (C=O) groups excluding carboxylic acids is 1. The van der Waals surface area contributed by atoms with Gasteiger partial charge in [0.2, 0.25) is 0 Å². The molecule has 0 aliphatic carbocycles. The van der Waals surface area contributed by atoms with Gasteiger partial charge in [-0.3, -0.25) is 9.59 Å². The molecule has 0 aromatic carbocycles. The summed E-state index contributed by atoms with van der Waals surface area (Å²) in [6.45, 7) is 3.31. The molecule has 0 bridgehead atoms. The molecule has 0 aromatic rings. The van der Waals surface area contributed by atoms with Crippen molar-refractivity contribution in [1.29, 1.82) is 0 Å². The molecule has 0 aliphatic heterocycles. The highest BCUT2D eigenvalue weighted by Gasteiger charge is 2.32. The molecule has 0 saturated carbocycles. The number of carbonyl (C=O) groups is 2. The third-order valence-corrected chi connectivity index (χ3v) is 2.48. The van der Waals surface area contributed by atoms with Crippen molar-refractivity contribution >= 4 is 11.9 Å². The molecule has 0 radical (unpaired) electrons. The molecular formula is C11H20O5. The van der Waals surface area contributed by atoms with Crippen molar-refractivity contribution in [2.75, 3.05) is 13.2 Å². The maximum absolute atomic E-state index is 11.6. The maximum Gasteiger partial charge on any atom is 0.309 e. The third kappa shape index (κ3) is 4.61. The first-order valence-electron chi connectivity index (χ1n) is 5.58. The number of rotatable bonds is 8. The van der Waals surface area contributed by atoms with Gasteiger partial charge in [0.25, 0.3) is 0 Å². The van der Waals surface area contributed by atoms with Gasteiger partial charge in [0, 0.05) is 0 Å². The van der Waals surface area contributed by atoms with Crippen LogP contribution in [0.2, 0.25) is 0 Å². The molecule has 2 N–H and O–H groups in total. The Bertz CT molecular complexity index is 226. The minimum atomic E-state index is -0.970. The summed E-state index contributed by atoms with van der Waals surface area (Å²) >= 11 is 0. The molecule has 5 nitrogen and oxygen atoms in total. The normalized spacial score (nSPS) is 14.2. The molecule has 5 heteroatoms. The second kappa shape index (κ2) is 8.10. The fraction of sp³-hybridized carbons (Fsp3) is 0.818. The van der Waals surface area contributed by atoms with E-state index < -0.39 is 23.8 Å². The van der Waals surface area contributed by atoms with Crippen molar-refractivity contribution < 1.29 is 24.5 Å². The molecule has 0 fully saturated rings. The molecule has 0 heterocycles. The van der Waals surface area contributed by atoms with E-state index in [-0.39, 0.29) is 13.2 Å². The Hall–Kier alpha value is -1.10. The second-order valence-electron chi connectivity index (χ2n) is 3.64. The van der Waals surface area contributed by atoms with Gasteiger partial charge in [-0.15, -0.1) is 0 Å². The van der Waals surface area contributed by atoms with Crippen LogP contribution in [-0.2, 0) is 14.3 Å². The average Bonchev–Trinajstić information content (AvgIpc) is 2.25. The maximum atomic E-state index is 11.6. The Balaban J connectivity index is 4.55. The topological polar surface area (TPSA) is 83.8 Å². The summed E-state index contributed by atoms with van der Waals surface area (Å²) in [4.78, 5) is 22.6. The number of carboxylic acid groups (broad SMARTS) is 1. The average molecular weight is 232 g/mol. The lowest BCUT2D eigenvalue weighted by Crippen LogP contribution is -2.31. The molecule has 0 aliphatic rings. The molecule has 0 amide bonds. The van der Waals surface area contributed by atoms with Crippen LogP contribution in [0.3, 0.4) is 0 Å². The van der Waals surface area contributed by atoms with Gasteiger partial charge in [0.1, 0.15) is 6.61 Å². The number of ether oxygens (including phenoxy) is 1. The van der Waals surface area contributed by atoms with E-state index in [1.807, 2.05) is 6.92 Å². The van der Waals surface area contributed by atoms with Crippen molar-refractivity contribution in [3.63, 3.8) is 0 Å². The number of hydrogen-bond acceptors (Lipinski definition) is 4. The quantitative estimate of drug-likeness (QED) is 0.611. The molecular weight excluding hydrogens is 212 g/mol. The summed E-state index contributed by atoms with van der Waals surface area (Å²) < 4.78 is 4.79. The summed E-state index contributed by atoms with van der Waals surface area (Å²) in [6.07, 6.45) is 1.62. The highest BCUT2D eigenvalue weighted by atomic mass is 16.5. The van der Waals surface area contributed by atoms with Crippen molar-refractivity contribution in [1.82, 2.24) is 0 Å². The third-order valence-electron chi connectivity index (χ3n) is 2.48. The van der Waals surface area contributed by atoms with E-state index in [0.717, 1.165) is 6.42 Å². The fourth-order valence-corrected chi connectivity index (χ4v) is 1.68. The zero-order valence-corrected chi connectivity index (χ0v) is 9.81. The van der Waals surface area contributed by atoms with E-state index in [1.165, 1.54) is 0 Å².